The molecule has 2 aliphatic heterocycles. The van der Waals surface area contributed by atoms with Gasteiger partial charge in [-0.25, -0.2) is 28.6 Å². The van der Waals surface area contributed by atoms with E-state index < -0.39 is 17.7 Å². The number of nitrogens with two attached hydrogens (primary N) is 1. The van der Waals surface area contributed by atoms with Crippen LogP contribution in [0.15, 0.2) is 35.2 Å². The van der Waals surface area contributed by atoms with Gasteiger partial charge in [0.05, 0.1) is 23.9 Å². The van der Waals surface area contributed by atoms with Crippen LogP contribution in [-0.4, -0.2) is 64.0 Å². The van der Waals surface area contributed by atoms with Gasteiger partial charge in [-0.15, -0.1) is 0 Å². The lowest BCUT2D eigenvalue weighted by molar-refractivity contribution is 0.139. The lowest BCUT2D eigenvalue weighted by Crippen LogP contribution is -2.52. The Balaban J connectivity index is 1.47. The number of hydrogen-bond donors (Lipinski definition) is 2. The average molecular weight is 494 g/mol. The van der Waals surface area contributed by atoms with E-state index in [1.54, 1.807) is 24.1 Å². The molecule has 36 heavy (non-hydrogen) atoms. The van der Waals surface area contributed by atoms with Gasteiger partial charge in [-0.3, -0.25) is 0 Å². The number of nitriles is 1. The molecule has 0 saturated carbocycles. The predicted octanol–water partition coefficient (Wildman–Crippen LogP) is 3.03. The first kappa shape index (κ1) is 24.7. The number of urea groups is 1. The van der Waals surface area contributed by atoms with Gasteiger partial charge in [0.2, 0.25) is 5.95 Å². The minimum Gasteiger partial charge on any atom is -0.402 e. The molecule has 2 aliphatic rings. The van der Waals surface area contributed by atoms with E-state index in [0.29, 0.717) is 38.2 Å². The first-order chi connectivity index (χ1) is 17.2. The van der Waals surface area contributed by atoms with Crippen LogP contribution >= 0.6 is 0 Å². The summed E-state index contributed by atoms with van der Waals surface area (Å²) in [5.41, 5.74) is 7.10. The number of anilines is 1. The highest BCUT2D eigenvalue weighted by Gasteiger charge is 2.34. The molecule has 1 fully saturated rings. The molecule has 3 heterocycles. The predicted molar refractivity (Wildman–Crippen MR) is 130 cm³/mol. The number of nitrogens with one attached hydrogen (secondary N) is 1. The molecule has 0 aliphatic carbocycles. The Morgan fingerprint density at radius 1 is 1.19 bits per heavy atom. The third kappa shape index (κ3) is 4.86. The zero-order valence-corrected chi connectivity index (χ0v) is 19.9. The minimum absolute atomic E-state index is 0.0351. The highest BCUT2D eigenvalue weighted by atomic mass is 19.1. The fourth-order valence-electron chi connectivity index (χ4n) is 4.33. The van der Waals surface area contributed by atoms with Crippen molar-refractivity contribution in [3.8, 4) is 6.07 Å². The van der Waals surface area contributed by atoms with Crippen molar-refractivity contribution in [2.24, 2.45) is 10.8 Å². The monoisotopic (exact) mass is 493 g/mol. The molecule has 12 heteroatoms. The van der Waals surface area contributed by atoms with Crippen LogP contribution in [0.4, 0.5) is 19.5 Å². The van der Waals surface area contributed by atoms with Crippen LogP contribution < -0.4 is 10.6 Å². The lowest BCUT2D eigenvalue weighted by atomic mass is 10.0. The SMILES string of the molecule is CC(=N)/C(=C(/C)N)c1nc(N2CCN(C(=O)N3N=CC[C@H]3c3cc(F)cc(C#N)c3)CC2)ncc1F. The van der Waals surface area contributed by atoms with E-state index in [1.165, 1.54) is 18.0 Å². The van der Waals surface area contributed by atoms with Crippen molar-refractivity contribution in [1.82, 2.24) is 19.9 Å². The van der Waals surface area contributed by atoms with Gasteiger partial charge in [0.25, 0.3) is 0 Å². The van der Waals surface area contributed by atoms with E-state index in [4.69, 9.17) is 16.4 Å². The van der Waals surface area contributed by atoms with Gasteiger partial charge in [-0.2, -0.15) is 10.4 Å². The Morgan fingerprint density at radius 3 is 2.56 bits per heavy atom. The number of hydrogen-bond acceptors (Lipinski definition) is 8. The van der Waals surface area contributed by atoms with Crippen LogP contribution in [0.25, 0.3) is 5.57 Å². The molecule has 2 aromatic rings. The van der Waals surface area contributed by atoms with Crippen LogP contribution in [0.2, 0.25) is 0 Å². The maximum atomic E-state index is 14.5. The molecule has 0 bridgehead atoms. The third-order valence-corrected chi connectivity index (χ3v) is 6.03. The number of carbonyl (C=O) groups is 1. The number of amides is 2. The van der Waals surface area contributed by atoms with Gasteiger partial charge in [0.15, 0.2) is 5.82 Å². The van der Waals surface area contributed by atoms with Crippen molar-refractivity contribution < 1.29 is 13.6 Å². The lowest BCUT2D eigenvalue weighted by Gasteiger charge is -2.37. The first-order valence-electron chi connectivity index (χ1n) is 11.3. The summed E-state index contributed by atoms with van der Waals surface area (Å²) in [7, 11) is 0. The summed E-state index contributed by atoms with van der Waals surface area (Å²) in [5.74, 6) is -0.940. The van der Waals surface area contributed by atoms with Gasteiger partial charge in [0, 0.05) is 55.8 Å². The zero-order valence-electron chi connectivity index (χ0n) is 19.9. The topological polar surface area (TPSA) is 139 Å². The Morgan fingerprint density at radius 2 is 1.92 bits per heavy atom. The fraction of sp³-hybridized carbons (Fsp3) is 0.333. The Bertz CT molecular complexity index is 1310. The fourth-order valence-corrected chi connectivity index (χ4v) is 4.33. The molecule has 1 aromatic heterocycles. The number of carbonyl (C=O) groups excluding carboxylic acids is 1. The molecular formula is C24H25F2N9O. The van der Waals surface area contributed by atoms with Crippen LogP contribution in [0, 0.1) is 28.4 Å². The van der Waals surface area contributed by atoms with Crippen molar-refractivity contribution in [2.45, 2.75) is 26.3 Å². The molecule has 0 radical (unpaired) electrons. The summed E-state index contributed by atoms with van der Waals surface area (Å²) in [6.07, 6.45) is 3.06. The van der Waals surface area contributed by atoms with Crippen LogP contribution in [0.1, 0.15) is 43.1 Å². The van der Waals surface area contributed by atoms with Gasteiger partial charge < -0.3 is 20.9 Å². The summed E-state index contributed by atoms with van der Waals surface area (Å²) in [5, 5.41) is 22.6. The molecule has 186 valence electrons. The third-order valence-electron chi connectivity index (χ3n) is 6.03. The maximum Gasteiger partial charge on any atom is 0.341 e. The molecule has 4 rings (SSSR count). The van der Waals surface area contributed by atoms with Gasteiger partial charge in [0.1, 0.15) is 11.5 Å². The van der Waals surface area contributed by atoms with E-state index in [2.05, 4.69) is 15.1 Å². The van der Waals surface area contributed by atoms with Crippen LogP contribution in [0.5, 0.6) is 0 Å². The number of piperazine rings is 1. The Labute approximate surface area is 206 Å². The molecule has 2 amide bonds. The molecule has 0 unspecified atom stereocenters. The second-order valence-corrected chi connectivity index (χ2v) is 8.59. The summed E-state index contributed by atoms with van der Waals surface area (Å²) < 4.78 is 28.4. The quantitative estimate of drug-likeness (QED) is 0.628. The molecular weight excluding hydrogens is 468 g/mol. The largest absolute Gasteiger partial charge is 0.402 e. The highest BCUT2D eigenvalue weighted by Crippen LogP contribution is 2.31. The smallest absolute Gasteiger partial charge is 0.341 e. The number of halogens is 2. The number of rotatable bonds is 4. The second kappa shape index (κ2) is 10.1. The van der Waals surface area contributed by atoms with Gasteiger partial charge in [-0.1, -0.05) is 0 Å². The number of allylic oxidation sites excluding steroid dienone is 2. The normalized spacial score (nSPS) is 18.2. The van der Waals surface area contributed by atoms with E-state index in [-0.39, 0.29) is 40.2 Å². The highest BCUT2D eigenvalue weighted by molar-refractivity contribution is 6.21. The molecule has 3 N–H and O–H groups in total. The molecule has 1 saturated heterocycles. The first-order valence-corrected chi connectivity index (χ1v) is 11.3. The summed E-state index contributed by atoms with van der Waals surface area (Å²) >= 11 is 0. The van der Waals surface area contributed by atoms with Crippen molar-refractivity contribution >= 4 is 29.5 Å². The van der Waals surface area contributed by atoms with Crippen molar-refractivity contribution in [1.29, 1.82) is 10.7 Å². The van der Waals surface area contributed by atoms with Crippen LogP contribution in [0.3, 0.4) is 0 Å². The number of benzene rings is 1. The molecule has 10 nitrogen and oxygen atoms in total. The molecule has 1 aromatic carbocycles. The van der Waals surface area contributed by atoms with Crippen molar-refractivity contribution in [3.05, 3.63) is 58.5 Å². The van der Waals surface area contributed by atoms with Gasteiger partial charge in [-0.05, 0) is 37.6 Å². The summed E-state index contributed by atoms with van der Waals surface area (Å²) in [4.78, 5) is 25.1. The Kier molecular flexibility index (Phi) is 6.91. The van der Waals surface area contributed by atoms with E-state index >= 15 is 0 Å². The maximum absolute atomic E-state index is 14.5. The number of nitrogens with zero attached hydrogens (tertiary/aromatic N) is 7. The van der Waals surface area contributed by atoms with E-state index in [9.17, 15) is 13.6 Å². The minimum atomic E-state index is -0.672. The molecule has 0 spiro atoms. The zero-order chi connectivity index (χ0) is 26.0. The van der Waals surface area contributed by atoms with Crippen molar-refractivity contribution in [2.75, 3.05) is 31.1 Å². The summed E-state index contributed by atoms with van der Waals surface area (Å²) in [6.45, 7) is 4.54. The number of hydrazone groups is 1. The van der Waals surface area contributed by atoms with Crippen molar-refractivity contribution in [3.63, 3.8) is 0 Å². The standard InChI is InChI=1S/C24H25F2N9O/c1-14(28)21(15(2)29)22-19(26)13-30-23(32-22)33-5-7-34(8-6-33)24(36)35-20(3-4-31-35)17-9-16(12-27)10-18(25)11-17/h4,9-11,13,20,28H,3,5-8,29H2,1-2H3/b21-15+,28-14?/t20-/m0/s1. The molecule has 1 atom stereocenters. The second-order valence-electron chi connectivity index (χ2n) is 8.59. The van der Waals surface area contributed by atoms with Gasteiger partial charge >= 0.3 is 6.03 Å². The van der Waals surface area contributed by atoms with E-state index in [1.807, 2.05) is 11.0 Å². The van der Waals surface area contributed by atoms with E-state index in [0.717, 1.165) is 12.3 Å². The number of aromatic nitrogens is 2. The average Bonchev–Trinajstić information content (AvgIpc) is 3.34. The van der Waals surface area contributed by atoms with Crippen LogP contribution in [-0.2, 0) is 0 Å². The Hall–Kier alpha value is -4.40. The summed E-state index contributed by atoms with van der Waals surface area (Å²) in [6, 6.07) is 5.11.